The third-order valence-corrected chi connectivity index (χ3v) is 10.3. The fourth-order valence-corrected chi connectivity index (χ4v) is 7.39. The van der Waals surface area contributed by atoms with Gasteiger partial charge in [0.05, 0.1) is 29.6 Å². The molecule has 1 saturated heterocycles. The lowest BCUT2D eigenvalue weighted by Gasteiger charge is -2.35. The van der Waals surface area contributed by atoms with Gasteiger partial charge >= 0.3 is 5.97 Å². The zero-order valence-electron chi connectivity index (χ0n) is 27.4. The summed E-state index contributed by atoms with van der Waals surface area (Å²) in [7, 11) is -2.00. The summed E-state index contributed by atoms with van der Waals surface area (Å²) in [5.41, 5.74) is 1.44. The van der Waals surface area contributed by atoms with Gasteiger partial charge in [0, 0.05) is 45.9 Å². The van der Waals surface area contributed by atoms with Crippen LogP contribution in [-0.2, 0) is 23.4 Å². The van der Waals surface area contributed by atoms with E-state index in [2.05, 4.69) is 40.5 Å². The second-order valence-electron chi connectivity index (χ2n) is 11.3. The van der Waals surface area contributed by atoms with Gasteiger partial charge in [0.2, 0.25) is 0 Å². The molecule has 1 amide bonds. The number of thiazole rings is 1. The summed E-state index contributed by atoms with van der Waals surface area (Å²) in [6.07, 6.45) is 1.07. The number of halogens is 1. The molecule has 2 atom stereocenters. The molecule has 0 spiro atoms. The largest absolute Gasteiger partial charge is 0.462 e. The maximum absolute atomic E-state index is 13.3. The Balaban J connectivity index is 1.28. The summed E-state index contributed by atoms with van der Waals surface area (Å²) >= 11 is 7.47. The minimum Gasteiger partial charge on any atom is -0.462 e. The second kappa shape index (κ2) is 16.8. The van der Waals surface area contributed by atoms with E-state index in [1.165, 1.54) is 24.6 Å². The van der Waals surface area contributed by atoms with Crippen molar-refractivity contribution in [2.75, 3.05) is 68.3 Å². The number of methoxy groups -OCH3 is 1. The molecule has 0 aliphatic carbocycles. The van der Waals surface area contributed by atoms with Crippen LogP contribution >= 0.6 is 30.5 Å². The van der Waals surface area contributed by atoms with Crippen LogP contribution < -0.4 is 20.6 Å². The van der Waals surface area contributed by atoms with E-state index < -0.39 is 19.5 Å². The van der Waals surface area contributed by atoms with Crippen LogP contribution in [0.3, 0.4) is 0 Å². The number of amides is 1. The molecule has 17 heteroatoms. The molecule has 47 heavy (non-hydrogen) atoms. The van der Waals surface area contributed by atoms with Crippen LogP contribution in [0, 0.1) is 13.8 Å². The highest BCUT2D eigenvalue weighted by molar-refractivity contribution is 7.56. The number of anilines is 4. The molecule has 2 aromatic heterocycles. The van der Waals surface area contributed by atoms with Gasteiger partial charge in [0.25, 0.3) is 13.4 Å². The highest BCUT2D eigenvalue weighted by Crippen LogP contribution is 2.42. The second-order valence-corrected chi connectivity index (χ2v) is 14.8. The smallest absolute Gasteiger partial charge is 0.323 e. The maximum Gasteiger partial charge on any atom is 0.323 e. The zero-order valence-corrected chi connectivity index (χ0v) is 29.9. The number of aryl methyl sites for hydroxylation is 2. The van der Waals surface area contributed by atoms with E-state index in [1.54, 1.807) is 26.8 Å². The molecule has 1 unspecified atom stereocenters. The van der Waals surface area contributed by atoms with Crippen molar-refractivity contribution in [2.45, 2.75) is 46.8 Å². The lowest BCUT2D eigenvalue weighted by molar-refractivity contribution is -0.149. The molecule has 3 N–H and O–H groups in total. The lowest BCUT2D eigenvalue weighted by atomic mass is 10.2. The number of nitrogens with one attached hydrogen (secondary N) is 3. The molecule has 1 aromatic carbocycles. The van der Waals surface area contributed by atoms with Crippen molar-refractivity contribution in [3.05, 3.63) is 51.7 Å². The van der Waals surface area contributed by atoms with Crippen molar-refractivity contribution in [1.29, 1.82) is 0 Å². The number of carbonyl (C=O) groups excluding carboxylic acids is 2. The molecule has 0 radical (unpaired) electrons. The van der Waals surface area contributed by atoms with Crippen LogP contribution in [0.15, 0.2) is 30.5 Å². The normalized spacial score (nSPS) is 15.7. The number of esters is 1. The molecule has 1 fully saturated rings. The SMILES string of the molecule is COCP(=O)(N[C@@H](C)C(=O)OC(C)C)OCCN1CCN(c2cc(Nc3ncc(C(=O)Nc4c(C)cccc4Cl)s3)nc(C)n2)CC1. The number of hydrogen-bond acceptors (Lipinski definition) is 13. The van der Waals surface area contributed by atoms with Crippen molar-refractivity contribution in [3.63, 3.8) is 0 Å². The Morgan fingerprint density at radius 3 is 2.55 bits per heavy atom. The number of ether oxygens (including phenoxy) is 2. The van der Waals surface area contributed by atoms with Gasteiger partial charge < -0.3 is 29.5 Å². The van der Waals surface area contributed by atoms with Gasteiger partial charge in [0.1, 0.15) is 34.7 Å². The fourth-order valence-electron chi connectivity index (χ4n) is 4.77. The Labute approximate surface area is 284 Å². The highest BCUT2D eigenvalue weighted by Gasteiger charge is 2.30. The maximum atomic E-state index is 13.3. The summed E-state index contributed by atoms with van der Waals surface area (Å²) in [4.78, 5) is 43.4. The molecule has 3 heterocycles. The Hall–Kier alpha value is -3.17. The van der Waals surface area contributed by atoms with E-state index in [9.17, 15) is 14.2 Å². The number of carbonyl (C=O) groups is 2. The Bertz CT molecular complexity index is 1570. The first kappa shape index (κ1) is 36.7. The van der Waals surface area contributed by atoms with Crippen molar-refractivity contribution in [3.8, 4) is 0 Å². The molecule has 3 aromatic rings. The van der Waals surface area contributed by atoms with E-state index in [1.807, 2.05) is 32.0 Å². The van der Waals surface area contributed by atoms with Gasteiger partial charge in [-0.2, -0.15) is 0 Å². The topological polar surface area (TPSA) is 160 Å². The number of rotatable bonds is 15. The third kappa shape index (κ3) is 10.7. The van der Waals surface area contributed by atoms with E-state index in [0.717, 1.165) is 24.5 Å². The molecule has 0 saturated carbocycles. The molecule has 14 nitrogen and oxygen atoms in total. The number of nitrogens with zero attached hydrogens (tertiary/aromatic N) is 5. The van der Waals surface area contributed by atoms with Gasteiger partial charge in [-0.15, -0.1) is 0 Å². The zero-order chi connectivity index (χ0) is 34.1. The van der Waals surface area contributed by atoms with E-state index in [-0.39, 0.29) is 25.0 Å². The fraction of sp³-hybridized carbons (Fsp3) is 0.500. The van der Waals surface area contributed by atoms with Crippen molar-refractivity contribution < 1.29 is 28.2 Å². The first-order valence-electron chi connectivity index (χ1n) is 15.2. The third-order valence-electron chi connectivity index (χ3n) is 7.05. The first-order valence-corrected chi connectivity index (χ1v) is 18.2. The first-order chi connectivity index (χ1) is 22.4. The Morgan fingerprint density at radius 1 is 1.13 bits per heavy atom. The van der Waals surface area contributed by atoms with E-state index >= 15 is 0 Å². The molecular weight excluding hydrogens is 667 g/mol. The van der Waals surface area contributed by atoms with E-state index in [0.29, 0.717) is 52.0 Å². The van der Waals surface area contributed by atoms with Crippen LogP contribution in [0.2, 0.25) is 5.02 Å². The van der Waals surface area contributed by atoms with Crippen molar-refractivity contribution in [1.82, 2.24) is 24.9 Å². The quantitative estimate of drug-likeness (QED) is 0.142. The minimum absolute atomic E-state index is 0.165. The minimum atomic E-state index is -3.43. The summed E-state index contributed by atoms with van der Waals surface area (Å²) in [5.74, 6) is 1.14. The Morgan fingerprint density at radius 2 is 1.87 bits per heavy atom. The average molecular weight is 709 g/mol. The molecular formula is C30H42ClN8O6PS. The number of piperazine rings is 1. The van der Waals surface area contributed by atoms with Crippen molar-refractivity contribution in [2.24, 2.45) is 0 Å². The lowest BCUT2D eigenvalue weighted by Crippen LogP contribution is -2.47. The van der Waals surface area contributed by atoms with Gasteiger partial charge in [-0.3, -0.25) is 19.1 Å². The molecule has 256 valence electrons. The van der Waals surface area contributed by atoms with Crippen LogP contribution in [0.1, 0.15) is 41.8 Å². The standard InChI is InChI=1S/C30H42ClN8O6PS/c1-19(2)45-29(41)21(4)37-46(42,18-43-6)44-15-14-38-10-12-39(13-11-38)26-16-25(33-22(5)34-26)35-30-32-17-24(47-30)28(40)36-27-20(3)8-7-9-23(27)31/h7-9,16-17,19,21H,10-15,18H2,1-6H3,(H,36,40)(H,37,42)(H,32,33,34,35)/t21-,46?/m0/s1. The monoisotopic (exact) mass is 708 g/mol. The van der Waals surface area contributed by atoms with Crippen LogP contribution in [0.4, 0.5) is 22.5 Å². The summed E-state index contributed by atoms with van der Waals surface area (Å²) in [6, 6.07) is 6.49. The summed E-state index contributed by atoms with van der Waals surface area (Å²) in [6.45, 7) is 12.5. The highest BCUT2D eigenvalue weighted by atomic mass is 35.5. The molecule has 1 aliphatic rings. The van der Waals surface area contributed by atoms with Gasteiger partial charge in [0.15, 0.2) is 5.13 Å². The molecule has 0 bridgehead atoms. The average Bonchev–Trinajstić information content (AvgIpc) is 3.47. The van der Waals surface area contributed by atoms with Crippen LogP contribution in [0.25, 0.3) is 0 Å². The van der Waals surface area contributed by atoms with Crippen LogP contribution in [-0.4, -0.2) is 96.7 Å². The van der Waals surface area contributed by atoms with Crippen LogP contribution in [0.5, 0.6) is 0 Å². The summed E-state index contributed by atoms with van der Waals surface area (Å²) < 4.78 is 29.3. The number of hydrogen-bond donors (Lipinski definition) is 3. The number of para-hydroxylation sites is 1. The van der Waals surface area contributed by atoms with E-state index in [4.69, 9.17) is 25.6 Å². The molecule has 4 rings (SSSR count). The predicted molar refractivity (Wildman–Crippen MR) is 184 cm³/mol. The number of benzene rings is 1. The number of aromatic nitrogens is 3. The Kier molecular flexibility index (Phi) is 13.1. The van der Waals surface area contributed by atoms with Crippen molar-refractivity contribution >= 4 is 64.8 Å². The van der Waals surface area contributed by atoms with Gasteiger partial charge in [-0.1, -0.05) is 35.1 Å². The molecule has 1 aliphatic heterocycles. The van der Waals surface area contributed by atoms with Gasteiger partial charge in [-0.05, 0) is 46.2 Å². The predicted octanol–water partition coefficient (Wildman–Crippen LogP) is 5.06. The summed E-state index contributed by atoms with van der Waals surface area (Å²) in [5, 5.41) is 9.83. The van der Waals surface area contributed by atoms with Gasteiger partial charge in [-0.25, -0.2) is 20.0 Å².